The normalized spacial score (nSPS) is 24.6. The fourth-order valence-corrected chi connectivity index (χ4v) is 1.25. The number of methoxy groups -OCH3 is 1. The SMILES string of the molecule is COC(=O)CC1CCNCC[N]1. The largest absolute Gasteiger partial charge is 0.469 e. The predicted octanol–water partition coefficient (Wildman–Crippen LogP) is -0.484. The van der Waals surface area contributed by atoms with Gasteiger partial charge in [-0.3, -0.25) is 4.79 Å². The fraction of sp³-hybridized carbons (Fsp3) is 0.875. The minimum absolute atomic E-state index is 0.160. The molecule has 1 aliphatic heterocycles. The lowest BCUT2D eigenvalue weighted by Crippen LogP contribution is -2.26. The molecule has 12 heavy (non-hydrogen) atoms. The van der Waals surface area contributed by atoms with Gasteiger partial charge in [0.05, 0.1) is 13.5 Å². The summed E-state index contributed by atoms with van der Waals surface area (Å²) >= 11 is 0. The zero-order valence-electron chi connectivity index (χ0n) is 7.38. The fourth-order valence-electron chi connectivity index (χ4n) is 1.25. The van der Waals surface area contributed by atoms with E-state index in [1.807, 2.05) is 0 Å². The monoisotopic (exact) mass is 171 g/mol. The van der Waals surface area contributed by atoms with Crippen molar-refractivity contribution in [2.75, 3.05) is 26.7 Å². The molecule has 1 saturated heterocycles. The Hall–Kier alpha value is -0.610. The number of nitrogens with one attached hydrogen (secondary N) is 1. The van der Waals surface area contributed by atoms with Crippen molar-refractivity contribution >= 4 is 5.97 Å². The molecule has 1 radical (unpaired) electrons. The van der Waals surface area contributed by atoms with Crippen LogP contribution in [-0.4, -0.2) is 38.8 Å². The number of esters is 1. The molecule has 1 rings (SSSR count). The van der Waals surface area contributed by atoms with Gasteiger partial charge in [-0.1, -0.05) is 0 Å². The number of ether oxygens (including phenoxy) is 1. The highest BCUT2D eigenvalue weighted by Gasteiger charge is 2.16. The molecular weight excluding hydrogens is 156 g/mol. The number of nitrogens with zero attached hydrogens (tertiary/aromatic N) is 1. The number of carbonyl (C=O) groups is 1. The number of rotatable bonds is 2. The molecule has 0 amide bonds. The van der Waals surface area contributed by atoms with Gasteiger partial charge < -0.3 is 10.1 Å². The lowest BCUT2D eigenvalue weighted by atomic mass is 10.1. The summed E-state index contributed by atoms with van der Waals surface area (Å²) in [5, 5.41) is 7.57. The Morgan fingerprint density at radius 2 is 2.50 bits per heavy atom. The molecule has 0 bridgehead atoms. The van der Waals surface area contributed by atoms with Gasteiger partial charge in [0.15, 0.2) is 0 Å². The second-order valence-corrected chi connectivity index (χ2v) is 2.88. The van der Waals surface area contributed by atoms with E-state index in [2.05, 4.69) is 15.4 Å². The summed E-state index contributed by atoms with van der Waals surface area (Å²) in [6.45, 7) is 2.69. The molecule has 0 aromatic rings. The lowest BCUT2D eigenvalue weighted by molar-refractivity contribution is -0.141. The van der Waals surface area contributed by atoms with Gasteiger partial charge in [-0.25, -0.2) is 5.32 Å². The number of hydrogen-bond acceptors (Lipinski definition) is 3. The van der Waals surface area contributed by atoms with Crippen LogP contribution in [0.15, 0.2) is 0 Å². The average Bonchev–Trinajstić information content (AvgIpc) is 2.33. The summed E-state index contributed by atoms with van der Waals surface area (Å²) in [6.07, 6.45) is 1.37. The third-order valence-corrected chi connectivity index (χ3v) is 1.96. The maximum Gasteiger partial charge on any atom is 0.307 e. The molecular formula is C8H15N2O2. The van der Waals surface area contributed by atoms with Gasteiger partial charge >= 0.3 is 5.97 Å². The zero-order valence-corrected chi connectivity index (χ0v) is 7.38. The minimum atomic E-state index is -0.161. The third-order valence-electron chi connectivity index (χ3n) is 1.96. The Balaban J connectivity index is 2.24. The summed E-state index contributed by atoms with van der Waals surface area (Å²) in [5.74, 6) is -0.161. The Kier molecular flexibility index (Phi) is 4.04. The molecule has 1 unspecified atom stereocenters. The first kappa shape index (κ1) is 9.48. The first-order chi connectivity index (χ1) is 5.83. The second-order valence-electron chi connectivity index (χ2n) is 2.88. The molecule has 0 aliphatic carbocycles. The molecule has 1 atom stereocenters. The van der Waals surface area contributed by atoms with E-state index in [0.717, 1.165) is 26.1 Å². The van der Waals surface area contributed by atoms with Gasteiger partial charge in [0, 0.05) is 19.1 Å². The standard InChI is InChI=1S/C8H15N2O2/c1-12-8(11)6-7-2-3-9-4-5-10-7/h7,9H,2-6H2,1H3. The maximum atomic E-state index is 10.9. The van der Waals surface area contributed by atoms with E-state index in [1.54, 1.807) is 0 Å². The van der Waals surface area contributed by atoms with Crippen molar-refractivity contribution in [3.05, 3.63) is 0 Å². The van der Waals surface area contributed by atoms with Gasteiger partial charge in [0.25, 0.3) is 0 Å². The second kappa shape index (κ2) is 5.11. The van der Waals surface area contributed by atoms with Crippen LogP contribution in [0.4, 0.5) is 0 Å². The van der Waals surface area contributed by atoms with Crippen molar-refractivity contribution < 1.29 is 9.53 Å². The van der Waals surface area contributed by atoms with E-state index in [-0.39, 0.29) is 12.0 Å². The molecule has 0 aromatic heterocycles. The molecule has 1 aliphatic rings. The summed E-state index contributed by atoms with van der Waals surface area (Å²) < 4.78 is 4.57. The van der Waals surface area contributed by atoms with Crippen molar-refractivity contribution in [2.24, 2.45) is 0 Å². The molecule has 1 fully saturated rings. The zero-order chi connectivity index (χ0) is 8.81. The lowest BCUT2D eigenvalue weighted by Gasteiger charge is -2.10. The molecule has 1 N–H and O–H groups in total. The highest BCUT2D eigenvalue weighted by atomic mass is 16.5. The van der Waals surface area contributed by atoms with Gasteiger partial charge in [-0.05, 0) is 13.0 Å². The quantitative estimate of drug-likeness (QED) is 0.571. The highest BCUT2D eigenvalue weighted by molar-refractivity contribution is 5.69. The first-order valence-electron chi connectivity index (χ1n) is 4.27. The highest BCUT2D eigenvalue weighted by Crippen LogP contribution is 2.02. The van der Waals surface area contributed by atoms with Crippen molar-refractivity contribution in [1.29, 1.82) is 0 Å². The van der Waals surface area contributed by atoms with Crippen LogP contribution in [-0.2, 0) is 9.53 Å². The molecule has 1 heterocycles. The Labute approximate surface area is 72.7 Å². The van der Waals surface area contributed by atoms with Crippen LogP contribution in [0.2, 0.25) is 0 Å². The molecule has 0 saturated carbocycles. The predicted molar refractivity (Wildman–Crippen MR) is 44.9 cm³/mol. The number of hydrogen-bond donors (Lipinski definition) is 1. The van der Waals surface area contributed by atoms with Crippen molar-refractivity contribution in [2.45, 2.75) is 18.9 Å². The minimum Gasteiger partial charge on any atom is -0.469 e. The van der Waals surface area contributed by atoms with E-state index >= 15 is 0 Å². The Morgan fingerprint density at radius 3 is 3.25 bits per heavy atom. The van der Waals surface area contributed by atoms with Crippen LogP contribution < -0.4 is 10.6 Å². The van der Waals surface area contributed by atoms with Crippen molar-refractivity contribution in [3.8, 4) is 0 Å². The van der Waals surface area contributed by atoms with Crippen molar-refractivity contribution in [3.63, 3.8) is 0 Å². The molecule has 4 heteroatoms. The van der Waals surface area contributed by atoms with E-state index in [9.17, 15) is 4.79 Å². The van der Waals surface area contributed by atoms with E-state index in [4.69, 9.17) is 0 Å². The molecule has 0 spiro atoms. The van der Waals surface area contributed by atoms with Crippen LogP contribution >= 0.6 is 0 Å². The van der Waals surface area contributed by atoms with Gasteiger partial charge in [0.2, 0.25) is 0 Å². The van der Waals surface area contributed by atoms with E-state index in [0.29, 0.717) is 6.42 Å². The van der Waals surface area contributed by atoms with Gasteiger partial charge in [0.1, 0.15) is 0 Å². The Morgan fingerprint density at radius 1 is 1.67 bits per heavy atom. The summed E-state index contributed by atoms with van der Waals surface area (Å²) in [7, 11) is 1.41. The summed E-state index contributed by atoms with van der Waals surface area (Å²) in [6, 6.07) is 0.160. The van der Waals surface area contributed by atoms with E-state index < -0.39 is 0 Å². The van der Waals surface area contributed by atoms with Crippen LogP contribution in [0.25, 0.3) is 0 Å². The van der Waals surface area contributed by atoms with Crippen LogP contribution in [0.1, 0.15) is 12.8 Å². The third kappa shape index (κ3) is 3.19. The molecule has 0 aromatic carbocycles. The smallest absolute Gasteiger partial charge is 0.307 e. The topological polar surface area (TPSA) is 52.4 Å². The summed E-state index contributed by atoms with van der Waals surface area (Å²) in [4.78, 5) is 10.9. The van der Waals surface area contributed by atoms with Crippen molar-refractivity contribution in [1.82, 2.24) is 10.6 Å². The molecule has 69 valence electrons. The Bertz CT molecular complexity index is 142. The average molecular weight is 171 g/mol. The van der Waals surface area contributed by atoms with Gasteiger partial charge in [-0.2, -0.15) is 0 Å². The molecule has 4 nitrogen and oxygen atoms in total. The van der Waals surface area contributed by atoms with E-state index in [1.165, 1.54) is 7.11 Å². The van der Waals surface area contributed by atoms with Crippen LogP contribution in [0.5, 0.6) is 0 Å². The first-order valence-corrected chi connectivity index (χ1v) is 4.27. The maximum absolute atomic E-state index is 10.9. The summed E-state index contributed by atoms with van der Waals surface area (Å²) in [5.41, 5.74) is 0. The van der Waals surface area contributed by atoms with Gasteiger partial charge in [-0.15, -0.1) is 0 Å². The number of carbonyl (C=O) groups excluding carboxylic acids is 1. The van der Waals surface area contributed by atoms with Crippen LogP contribution in [0, 0.1) is 0 Å². The van der Waals surface area contributed by atoms with Crippen LogP contribution in [0.3, 0.4) is 0 Å².